The van der Waals surface area contributed by atoms with Gasteiger partial charge in [0, 0.05) is 13.7 Å². The number of carbonyl (C=O) groups is 1. The third kappa shape index (κ3) is 3.58. The van der Waals surface area contributed by atoms with Gasteiger partial charge in [0.1, 0.15) is 6.61 Å². The Balaban J connectivity index is 2.41. The maximum absolute atomic E-state index is 11.1. The lowest BCUT2D eigenvalue weighted by molar-refractivity contribution is -0.124. The number of rotatable bonds is 4. The van der Waals surface area contributed by atoms with Gasteiger partial charge in [0.25, 0.3) is 0 Å². The first-order chi connectivity index (χ1) is 6.72. The molecule has 0 aliphatic carbocycles. The Morgan fingerprint density at radius 2 is 2.29 bits per heavy atom. The number of methoxy groups -OCH3 is 1. The summed E-state index contributed by atoms with van der Waals surface area (Å²) in [6.07, 6.45) is 0. The van der Waals surface area contributed by atoms with E-state index in [2.05, 4.69) is 5.32 Å². The predicted octanol–water partition coefficient (Wildman–Crippen LogP) is 1.26. The lowest BCUT2D eigenvalue weighted by Gasteiger charge is -2.04. The van der Waals surface area contributed by atoms with E-state index in [-0.39, 0.29) is 12.5 Å². The van der Waals surface area contributed by atoms with Gasteiger partial charge in [-0.2, -0.15) is 0 Å². The summed E-state index contributed by atoms with van der Waals surface area (Å²) in [5.74, 6) is -0.0889. The van der Waals surface area contributed by atoms with Crippen LogP contribution in [0, 0.1) is 6.92 Å². The van der Waals surface area contributed by atoms with E-state index in [1.54, 1.807) is 0 Å². The van der Waals surface area contributed by atoms with Crippen molar-refractivity contribution in [2.24, 2.45) is 0 Å². The van der Waals surface area contributed by atoms with Gasteiger partial charge in [-0.3, -0.25) is 4.79 Å². The van der Waals surface area contributed by atoms with E-state index in [0.29, 0.717) is 6.54 Å². The standard InChI is InChI=1S/C11H15NO2/c1-9-4-3-5-10(6-9)7-12-11(13)8-14-2/h3-6H,7-8H2,1-2H3,(H,12,13). The lowest BCUT2D eigenvalue weighted by Crippen LogP contribution is -2.26. The number of amides is 1. The Morgan fingerprint density at radius 1 is 1.50 bits per heavy atom. The number of benzene rings is 1. The van der Waals surface area contributed by atoms with Gasteiger partial charge < -0.3 is 10.1 Å². The summed E-state index contributed by atoms with van der Waals surface area (Å²) in [6.45, 7) is 2.70. The highest BCUT2D eigenvalue weighted by Crippen LogP contribution is 2.02. The number of hydrogen-bond donors (Lipinski definition) is 1. The molecule has 3 heteroatoms. The summed E-state index contributed by atoms with van der Waals surface area (Å²) in [6, 6.07) is 8.04. The van der Waals surface area contributed by atoms with E-state index in [1.165, 1.54) is 12.7 Å². The third-order valence-electron chi connectivity index (χ3n) is 1.85. The van der Waals surface area contributed by atoms with E-state index in [1.807, 2.05) is 31.2 Å². The smallest absolute Gasteiger partial charge is 0.246 e. The van der Waals surface area contributed by atoms with E-state index >= 15 is 0 Å². The van der Waals surface area contributed by atoms with Crippen LogP contribution >= 0.6 is 0 Å². The molecule has 14 heavy (non-hydrogen) atoms. The van der Waals surface area contributed by atoms with Crippen LogP contribution in [0.3, 0.4) is 0 Å². The summed E-state index contributed by atoms with van der Waals surface area (Å²) in [5, 5.41) is 2.76. The molecule has 1 aromatic rings. The van der Waals surface area contributed by atoms with Crippen LogP contribution in [0.1, 0.15) is 11.1 Å². The van der Waals surface area contributed by atoms with Crippen molar-refractivity contribution < 1.29 is 9.53 Å². The number of ether oxygens (including phenoxy) is 1. The molecule has 0 atom stereocenters. The van der Waals surface area contributed by atoms with Crippen molar-refractivity contribution in [1.82, 2.24) is 5.32 Å². The van der Waals surface area contributed by atoms with Gasteiger partial charge in [0.15, 0.2) is 0 Å². The molecular formula is C11H15NO2. The first kappa shape index (κ1) is 10.7. The largest absolute Gasteiger partial charge is 0.375 e. The second-order valence-corrected chi connectivity index (χ2v) is 3.20. The average Bonchev–Trinajstić information content (AvgIpc) is 2.15. The summed E-state index contributed by atoms with van der Waals surface area (Å²) in [5.41, 5.74) is 2.30. The molecule has 0 aliphatic heterocycles. The van der Waals surface area contributed by atoms with Gasteiger partial charge in [-0.05, 0) is 12.5 Å². The lowest BCUT2D eigenvalue weighted by atomic mass is 10.1. The Kier molecular flexibility index (Phi) is 4.13. The molecule has 1 N–H and O–H groups in total. The van der Waals surface area contributed by atoms with Crippen molar-refractivity contribution in [3.63, 3.8) is 0 Å². The fraction of sp³-hybridized carbons (Fsp3) is 0.364. The molecule has 0 radical (unpaired) electrons. The normalized spacial score (nSPS) is 9.86. The molecule has 0 saturated carbocycles. The van der Waals surface area contributed by atoms with Crippen LogP contribution in [0.25, 0.3) is 0 Å². The van der Waals surface area contributed by atoms with E-state index in [9.17, 15) is 4.79 Å². The number of nitrogens with one attached hydrogen (secondary N) is 1. The van der Waals surface area contributed by atoms with Gasteiger partial charge in [-0.15, -0.1) is 0 Å². The molecule has 0 saturated heterocycles. The van der Waals surface area contributed by atoms with Gasteiger partial charge in [0.2, 0.25) is 5.91 Å². The van der Waals surface area contributed by atoms with Crippen molar-refractivity contribution in [3.05, 3.63) is 35.4 Å². The van der Waals surface area contributed by atoms with Crippen LogP contribution in [0.2, 0.25) is 0 Å². The SMILES string of the molecule is COCC(=O)NCc1cccc(C)c1. The van der Waals surface area contributed by atoms with Crippen molar-refractivity contribution in [2.75, 3.05) is 13.7 Å². The van der Waals surface area contributed by atoms with Crippen molar-refractivity contribution >= 4 is 5.91 Å². The first-order valence-corrected chi connectivity index (χ1v) is 4.53. The zero-order valence-corrected chi connectivity index (χ0v) is 8.54. The fourth-order valence-corrected chi connectivity index (χ4v) is 1.20. The molecule has 76 valence electrons. The Morgan fingerprint density at radius 3 is 2.93 bits per heavy atom. The van der Waals surface area contributed by atoms with Gasteiger partial charge in [-0.25, -0.2) is 0 Å². The molecule has 0 aromatic heterocycles. The van der Waals surface area contributed by atoms with Gasteiger partial charge in [0.05, 0.1) is 0 Å². The van der Waals surface area contributed by atoms with E-state index in [0.717, 1.165) is 5.56 Å². The highest BCUT2D eigenvalue weighted by molar-refractivity contribution is 5.77. The zero-order valence-electron chi connectivity index (χ0n) is 8.54. The zero-order chi connectivity index (χ0) is 10.4. The van der Waals surface area contributed by atoms with Crippen LogP contribution in [0.5, 0.6) is 0 Å². The molecule has 0 heterocycles. The minimum atomic E-state index is -0.0889. The minimum absolute atomic E-state index is 0.0889. The molecule has 1 amide bonds. The van der Waals surface area contributed by atoms with E-state index in [4.69, 9.17) is 4.74 Å². The quantitative estimate of drug-likeness (QED) is 0.781. The molecule has 1 aromatic carbocycles. The summed E-state index contributed by atoms with van der Waals surface area (Å²) >= 11 is 0. The summed E-state index contributed by atoms with van der Waals surface area (Å²) in [4.78, 5) is 11.1. The van der Waals surface area contributed by atoms with Gasteiger partial charge >= 0.3 is 0 Å². The van der Waals surface area contributed by atoms with Crippen LogP contribution in [0.15, 0.2) is 24.3 Å². The molecule has 0 fully saturated rings. The fourth-order valence-electron chi connectivity index (χ4n) is 1.20. The highest BCUT2D eigenvalue weighted by atomic mass is 16.5. The average molecular weight is 193 g/mol. The highest BCUT2D eigenvalue weighted by Gasteiger charge is 1.99. The molecular weight excluding hydrogens is 178 g/mol. The Labute approximate surface area is 84.1 Å². The maximum atomic E-state index is 11.1. The summed E-state index contributed by atoms with van der Waals surface area (Å²) in [7, 11) is 1.51. The summed E-state index contributed by atoms with van der Waals surface area (Å²) < 4.78 is 4.70. The number of aryl methyl sites for hydroxylation is 1. The molecule has 0 spiro atoms. The molecule has 1 rings (SSSR count). The van der Waals surface area contributed by atoms with Gasteiger partial charge in [-0.1, -0.05) is 29.8 Å². The molecule has 0 aliphatic rings. The van der Waals surface area contributed by atoms with E-state index < -0.39 is 0 Å². The van der Waals surface area contributed by atoms with Crippen LogP contribution in [-0.4, -0.2) is 19.6 Å². The third-order valence-corrected chi connectivity index (χ3v) is 1.85. The van der Waals surface area contributed by atoms with Crippen molar-refractivity contribution in [1.29, 1.82) is 0 Å². The Hall–Kier alpha value is -1.35. The molecule has 0 bridgehead atoms. The second-order valence-electron chi connectivity index (χ2n) is 3.20. The molecule has 0 unspecified atom stereocenters. The maximum Gasteiger partial charge on any atom is 0.246 e. The Bertz CT molecular complexity index is 310. The predicted molar refractivity (Wildman–Crippen MR) is 54.9 cm³/mol. The van der Waals surface area contributed by atoms with Crippen LogP contribution < -0.4 is 5.32 Å². The topological polar surface area (TPSA) is 38.3 Å². The number of hydrogen-bond acceptors (Lipinski definition) is 2. The van der Waals surface area contributed by atoms with Crippen molar-refractivity contribution in [2.45, 2.75) is 13.5 Å². The number of carbonyl (C=O) groups excluding carboxylic acids is 1. The molecule has 3 nitrogen and oxygen atoms in total. The second kappa shape index (κ2) is 5.40. The minimum Gasteiger partial charge on any atom is -0.375 e. The van der Waals surface area contributed by atoms with Crippen molar-refractivity contribution in [3.8, 4) is 0 Å². The first-order valence-electron chi connectivity index (χ1n) is 4.53. The van der Waals surface area contributed by atoms with Crippen LogP contribution in [0.4, 0.5) is 0 Å². The van der Waals surface area contributed by atoms with Crippen LogP contribution in [-0.2, 0) is 16.1 Å². The monoisotopic (exact) mass is 193 g/mol.